The molecule has 4 heteroatoms. The van der Waals surface area contributed by atoms with Gasteiger partial charge in [0.1, 0.15) is 12.5 Å². The first kappa shape index (κ1) is 11.0. The molecule has 4 nitrogen and oxygen atoms in total. The lowest BCUT2D eigenvalue weighted by molar-refractivity contribution is 0.925. The Kier molecular flexibility index (Phi) is 4.09. The van der Waals surface area contributed by atoms with Gasteiger partial charge in [-0.1, -0.05) is 24.8 Å². The topological polar surface area (TPSA) is 74.3 Å². The fraction of sp³-hybridized carbons (Fsp3) is 0.0909. The number of nitrogens with one attached hydrogen (secondary N) is 2. The summed E-state index contributed by atoms with van der Waals surface area (Å²) in [5, 5.41) is 10.5. The van der Waals surface area contributed by atoms with Crippen LogP contribution in [-0.4, -0.2) is 18.7 Å². The summed E-state index contributed by atoms with van der Waals surface area (Å²) in [4.78, 5) is 3.95. The molecule has 1 aromatic carbocycles. The molecule has 0 unspecified atom stereocenters. The van der Waals surface area contributed by atoms with E-state index in [4.69, 9.17) is 11.1 Å². The van der Waals surface area contributed by atoms with Crippen LogP contribution >= 0.6 is 0 Å². The SMILES string of the molecule is C=C/C=N\CNC(=N)c1cccc(N)c1. The van der Waals surface area contributed by atoms with Gasteiger partial charge in [0, 0.05) is 17.5 Å². The molecule has 0 aliphatic carbocycles. The quantitative estimate of drug-likeness (QED) is 0.392. The van der Waals surface area contributed by atoms with E-state index in [1.165, 1.54) is 0 Å². The molecule has 0 spiro atoms. The van der Waals surface area contributed by atoms with E-state index in [-0.39, 0.29) is 0 Å². The number of rotatable bonds is 4. The van der Waals surface area contributed by atoms with Gasteiger partial charge in [0.05, 0.1) is 0 Å². The fourth-order valence-electron chi connectivity index (χ4n) is 1.05. The largest absolute Gasteiger partial charge is 0.399 e. The minimum Gasteiger partial charge on any atom is -0.399 e. The molecular weight excluding hydrogens is 188 g/mol. The Morgan fingerprint density at radius 2 is 2.40 bits per heavy atom. The summed E-state index contributed by atoms with van der Waals surface area (Å²) < 4.78 is 0. The van der Waals surface area contributed by atoms with Crippen molar-refractivity contribution in [1.29, 1.82) is 5.41 Å². The van der Waals surface area contributed by atoms with E-state index >= 15 is 0 Å². The summed E-state index contributed by atoms with van der Waals surface area (Å²) in [5.74, 6) is 0.309. The zero-order valence-corrected chi connectivity index (χ0v) is 8.40. The molecule has 0 fully saturated rings. The second-order valence-electron chi connectivity index (χ2n) is 2.90. The van der Waals surface area contributed by atoms with Crippen LogP contribution in [0.4, 0.5) is 5.69 Å². The number of nitrogens with zero attached hydrogens (tertiary/aromatic N) is 1. The van der Waals surface area contributed by atoms with Crippen molar-refractivity contribution in [2.75, 3.05) is 12.4 Å². The zero-order chi connectivity index (χ0) is 11.1. The van der Waals surface area contributed by atoms with Gasteiger partial charge in [0.15, 0.2) is 0 Å². The smallest absolute Gasteiger partial charge is 0.126 e. The third-order valence-electron chi connectivity index (χ3n) is 1.73. The summed E-state index contributed by atoms with van der Waals surface area (Å²) in [6.45, 7) is 3.86. The van der Waals surface area contributed by atoms with Gasteiger partial charge in [-0.15, -0.1) is 0 Å². The number of amidine groups is 1. The number of hydrogen-bond acceptors (Lipinski definition) is 3. The fourth-order valence-corrected chi connectivity index (χ4v) is 1.05. The van der Waals surface area contributed by atoms with Crippen LogP contribution in [0.1, 0.15) is 5.56 Å². The van der Waals surface area contributed by atoms with E-state index in [0.29, 0.717) is 18.2 Å². The highest BCUT2D eigenvalue weighted by atomic mass is 15.0. The minimum atomic E-state index is 0.309. The summed E-state index contributed by atoms with van der Waals surface area (Å²) in [6, 6.07) is 7.16. The first-order chi connectivity index (χ1) is 7.24. The Morgan fingerprint density at radius 1 is 1.60 bits per heavy atom. The molecule has 1 aromatic rings. The Labute approximate surface area is 89.0 Å². The van der Waals surface area contributed by atoms with Gasteiger partial charge < -0.3 is 11.1 Å². The first-order valence-corrected chi connectivity index (χ1v) is 4.53. The molecule has 15 heavy (non-hydrogen) atoms. The van der Waals surface area contributed by atoms with Gasteiger partial charge in [0.2, 0.25) is 0 Å². The van der Waals surface area contributed by atoms with Gasteiger partial charge in [-0.3, -0.25) is 10.4 Å². The molecule has 0 aliphatic rings. The standard InChI is InChI=1S/C11H14N4/c1-2-6-14-8-15-11(13)9-4-3-5-10(12)7-9/h2-7H,1,8,12H2,(H2,13,15)/b14-6-. The number of anilines is 1. The molecule has 0 aliphatic heterocycles. The highest BCUT2D eigenvalue weighted by Crippen LogP contribution is 2.05. The number of aliphatic imine (C=N–C) groups is 1. The third-order valence-corrected chi connectivity index (χ3v) is 1.73. The van der Waals surface area contributed by atoms with E-state index in [9.17, 15) is 0 Å². The zero-order valence-electron chi connectivity index (χ0n) is 8.40. The Balaban J connectivity index is 2.54. The van der Waals surface area contributed by atoms with Crippen molar-refractivity contribution in [3.05, 3.63) is 42.5 Å². The van der Waals surface area contributed by atoms with Crippen LogP contribution in [0.3, 0.4) is 0 Å². The average Bonchev–Trinajstić information content (AvgIpc) is 2.24. The van der Waals surface area contributed by atoms with Crippen molar-refractivity contribution >= 4 is 17.7 Å². The number of benzene rings is 1. The number of allylic oxidation sites excluding steroid dienone is 1. The lowest BCUT2D eigenvalue weighted by Crippen LogP contribution is -2.23. The molecule has 0 amide bonds. The van der Waals surface area contributed by atoms with Crippen LogP contribution in [-0.2, 0) is 0 Å². The van der Waals surface area contributed by atoms with Crippen molar-refractivity contribution < 1.29 is 0 Å². The molecule has 0 aromatic heterocycles. The van der Waals surface area contributed by atoms with Crippen molar-refractivity contribution in [1.82, 2.24) is 5.32 Å². The van der Waals surface area contributed by atoms with Crippen molar-refractivity contribution in [3.63, 3.8) is 0 Å². The maximum Gasteiger partial charge on any atom is 0.126 e. The molecule has 1 rings (SSSR count). The first-order valence-electron chi connectivity index (χ1n) is 4.53. The molecule has 0 radical (unpaired) electrons. The summed E-state index contributed by atoms with van der Waals surface area (Å²) >= 11 is 0. The van der Waals surface area contributed by atoms with E-state index in [1.807, 2.05) is 12.1 Å². The van der Waals surface area contributed by atoms with Crippen LogP contribution in [0, 0.1) is 5.41 Å². The predicted molar refractivity (Wildman–Crippen MR) is 64.4 cm³/mol. The maximum atomic E-state index is 7.70. The van der Waals surface area contributed by atoms with Crippen molar-refractivity contribution in [3.8, 4) is 0 Å². The second kappa shape index (κ2) is 5.59. The van der Waals surface area contributed by atoms with Gasteiger partial charge in [-0.2, -0.15) is 0 Å². The second-order valence-corrected chi connectivity index (χ2v) is 2.90. The van der Waals surface area contributed by atoms with Crippen LogP contribution in [0.5, 0.6) is 0 Å². The molecule has 78 valence electrons. The molecule has 0 heterocycles. The van der Waals surface area contributed by atoms with E-state index < -0.39 is 0 Å². The van der Waals surface area contributed by atoms with Gasteiger partial charge in [-0.25, -0.2) is 0 Å². The average molecular weight is 202 g/mol. The van der Waals surface area contributed by atoms with Crippen molar-refractivity contribution in [2.24, 2.45) is 4.99 Å². The molecule has 0 bridgehead atoms. The van der Waals surface area contributed by atoms with Gasteiger partial charge in [0.25, 0.3) is 0 Å². The monoisotopic (exact) mass is 202 g/mol. The Hall–Kier alpha value is -2.10. The van der Waals surface area contributed by atoms with Crippen molar-refractivity contribution in [2.45, 2.75) is 0 Å². The number of hydrogen-bond donors (Lipinski definition) is 3. The van der Waals surface area contributed by atoms with E-state index in [0.717, 1.165) is 5.56 Å². The Morgan fingerprint density at radius 3 is 3.07 bits per heavy atom. The number of nitrogens with two attached hydrogens (primary N) is 1. The van der Waals surface area contributed by atoms with Gasteiger partial charge >= 0.3 is 0 Å². The highest BCUT2D eigenvalue weighted by molar-refractivity contribution is 5.97. The molecule has 4 N–H and O–H groups in total. The summed E-state index contributed by atoms with van der Waals surface area (Å²) in [7, 11) is 0. The Bertz CT molecular complexity index is 382. The maximum absolute atomic E-state index is 7.70. The lowest BCUT2D eigenvalue weighted by atomic mass is 10.2. The minimum absolute atomic E-state index is 0.309. The molecule has 0 atom stereocenters. The van der Waals surface area contributed by atoms with Crippen LogP contribution in [0.25, 0.3) is 0 Å². The number of nitrogen functional groups attached to an aromatic ring is 1. The third kappa shape index (κ3) is 3.64. The van der Waals surface area contributed by atoms with E-state index in [2.05, 4.69) is 16.9 Å². The predicted octanol–water partition coefficient (Wildman–Crippen LogP) is 1.40. The molecule has 0 saturated heterocycles. The lowest BCUT2D eigenvalue weighted by Gasteiger charge is -2.05. The van der Waals surface area contributed by atoms with Gasteiger partial charge in [-0.05, 0) is 12.1 Å². The molecular formula is C11H14N4. The normalized spacial score (nSPS) is 10.1. The highest BCUT2D eigenvalue weighted by Gasteiger charge is 1.98. The summed E-state index contributed by atoms with van der Waals surface area (Å²) in [6.07, 6.45) is 3.17. The van der Waals surface area contributed by atoms with E-state index in [1.54, 1.807) is 24.4 Å². The van der Waals surface area contributed by atoms with Crippen LogP contribution in [0.15, 0.2) is 41.9 Å². The molecule has 0 saturated carbocycles. The summed E-state index contributed by atoms with van der Waals surface area (Å²) in [5.41, 5.74) is 7.01. The van der Waals surface area contributed by atoms with Crippen LogP contribution in [0.2, 0.25) is 0 Å². The van der Waals surface area contributed by atoms with Crippen LogP contribution < -0.4 is 11.1 Å².